The van der Waals surface area contributed by atoms with Gasteiger partial charge in [-0.15, -0.1) is 10.1 Å². The summed E-state index contributed by atoms with van der Waals surface area (Å²) in [5.41, 5.74) is 5.17. The maximum absolute atomic E-state index is 12.8. The van der Waals surface area contributed by atoms with Crippen molar-refractivity contribution in [2.24, 2.45) is 0 Å². The largest absolute Gasteiger partial charge is 0.334 e. The molecule has 1 aliphatic rings. The molecule has 144 valence electrons. The predicted molar refractivity (Wildman–Crippen MR) is 112 cm³/mol. The Morgan fingerprint density at radius 1 is 0.931 bits per heavy atom. The molecule has 3 aromatic rings. The summed E-state index contributed by atoms with van der Waals surface area (Å²) in [6.07, 6.45) is 1.87. The Kier molecular flexibility index (Phi) is 5.40. The van der Waals surface area contributed by atoms with Crippen molar-refractivity contribution < 1.29 is 14.3 Å². The third-order valence-electron chi connectivity index (χ3n) is 4.76. The SMILES string of the molecule is O=C(N[C@@H]1C(=O)N/[N+](=C\c2ccccc2)[C@@H]1c1ccccc1)c1ccc(Cl)cc1. The summed E-state index contributed by atoms with van der Waals surface area (Å²) in [5.74, 6) is -0.599. The van der Waals surface area contributed by atoms with Crippen molar-refractivity contribution in [1.82, 2.24) is 10.7 Å². The Bertz CT molecular complexity index is 1050. The summed E-state index contributed by atoms with van der Waals surface area (Å²) < 4.78 is 1.75. The fourth-order valence-electron chi connectivity index (χ4n) is 3.36. The molecule has 0 bridgehead atoms. The molecular formula is C23H19ClN3O2+. The number of hydrazine groups is 1. The Balaban J connectivity index is 1.68. The first-order chi connectivity index (χ1) is 14.1. The van der Waals surface area contributed by atoms with Crippen LogP contribution < -0.4 is 10.7 Å². The molecule has 0 radical (unpaired) electrons. The van der Waals surface area contributed by atoms with Gasteiger partial charge in [0.25, 0.3) is 5.91 Å². The smallest absolute Gasteiger partial charge is 0.304 e. The minimum atomic E-state index is -0.749. The molecule has 1 fully saturated rings. The number of hydrogen-bond acceptors (Lipinski definition) is 2. The lowest BCUT2D eigenvalue weighted by Crippen LogP contribution is -2.42. The number of benzene rings is 3. The van der Waals surface area contributed by atoms with Crippen molar-refractivity contribution >= 4 is 29.6 Å². The first kappa shape index (κ1) is 18.9. The summed E-state index contributed by atoms with van der Waals surface area (Å²) in [5, 5.41) is 3.42. The minimum Gasteiger partial charge on any atom is -0.334 e. The van der Waals surface area contributed by atoms with E-state index >= 15 is 0 Å². The molecule has 0 aromatic heterocycles. The molecule has 4 rings (SSSR count). The van der Waals surface area contributed by atoms with Gasteiger partial charge in [0.05, 0.1) is 0 Å². The van der Waals surface area contributed by atoms with Crippen LogP contribution >= 0.6 is 11.6 Å². The first-order valence-electron chi connectivity index (χ1n) is 9.22. The highest BCUT2D eigenvalue weighted by molar-refractivity contribution is 6.30. The van der Waals surface area contributed by atoms with Crippen LogP contribution in [0.4, 0.5) is 0 Å². The average molecular weight is 405 g/mol. The average Bonchev–Trinajstić information content (AvgIpc) is 3.04. The number of nitrogens with zero attached hydrogens (tertiary/aromatic N) is 1. The fourth-order valence-corrected chi connectivity index (χ4v) is 3.48. The Hall–Kier alpha value is -3.44. The van der Waals surface area contributed by atoms with Gasteiger partial charge in [-0.3, -0.25) is 9.59 Å². The maximum Gasteiger partial charge on any atom is 0.304 e. The van der Waals surface area contributed by atoms with E-state index in [1.807, 2.05) is 66.9 Å². The standard InChI is InChI=1S/C23H18ClN3O2/c24-19-13-11-18(12-14-19)22(28)25-20-21(17-9-5-2-6-10-17)27(26-23(20)29)15-16-7-3-1-4-8-16/h1-15,20-21H,(H-,25,26,28,29)/p+1/b27-15-/t20-,21+/m0/s1. The van der Waals surface area contributed by atoms with Gasteiger partial charge in [-0.05, 0) is 36.4 Å². The van der Waals surface area contributed by atoms with Gasteiger partial charge in [-0.1, -0.05) is 60.1 Å². The van der Waals surface area contributed by atoms with Crippen molar-refractivity contribution in [3.63, 3.8) is 0 Å². The maximum atomic E-state index is 12.8. The van der Waals surface area contributed by atoms with Gasteiger partial charge in [0, 0.05) is 21.7 Å². The van der Waals surface area contributed by atoms with Crippen LogP contribution in [0.1, 0.15) is 27.5 Å². The molecule has 0 spiro atoms. The lowest BCUT2D eigenvalue weighted by atomic mass is 10.00. The highest BCUT2D eigenvalue weighted by Gasteiger charge is 2.47. The highest BCUT2D eigenvalue weighted by Crippen LogP contribution is 2.25. The zero-order valence-electron chi connectivity index (χ0n) is 15.5. The van der Waals surface area contributed by atoms with Gasteiger partial charge in [0.15, 0.2) is 6.04 Å². The number of hydrazone groups is 1. The molecular weight excluding hydrogens is 386 g/mol. The molecule has 1 saturated heterocycles. The van der Waals surface area contributed by atoms with E-state index in [9.17, 15) is 9.59 Å². The fraction of sp³-hybridized carbons (Fsp3) is 0.0870. The molecule has 2 N–H and O–H groups in total. The van der Waals surface area contributed by atoms with Crippen LogP contribution in [-0.4, -0.2) is 28.8 Å². The molecule has 2 amide bonds. The van der Waals surface area contributed by atoms with Gasteiger partial charge < -0.3 is 5.32 Å². The summed E-state index contributed by atoms with van der Waals surface area (Å²) in [6, 6.07) is 24.8. The molecule has 6 heteroatoms. The molecule has 2 atom stereocenters. The lowest BCUT2D eigenvalue weighted by Gasteiger charge is -2.14. The third kappa shape index (κ3) is 4.20. The molecule has 0 unspecified atom stereocenters. The molecule has 5 nitrogen and oxygen atoms in total. The van der Waals surface area contributed by atoms with Crippen LogP contribution in [0, 0.1) is 0 Å². The van der Waals surface area contributed by atoms with E-state index in [4.69, 9.17) is 11.6 Å². The van der Waals surface area contributed by atoms with Crippen LogP contribution in [0.15, 0.2) is 84.9 Å². The van der Waals surface area contributed by atoms with Crippen molar-refractivity contribution in [1.29, 1.82) is 0 Å². The van der Waals surface area contributed by atoms with E-state index in [-0.39, 0.29) is 17.9 Å². The van der Waals surface area contributed by atoms with Crippen LogP contribution in [0.5, 0.6) is 0 Å². The number of halogens is 1. The number of carbonyl (C=O) groups excluding carboxylic acids is 2. The second-order valence-corrected chi connectivity index (χ2v) is 7.17. The number of amides is 2. The molecule has 0 aliphatic carbocycles. The van der Waals surface area contributed by atoms with Gasteiger partial charge >= 0.3 is 5.91 Å². The number of nitrogens with one attached hydrogen (secondary N) is 2. The minimum absolute atomic E-state index is 0.270. The quantitative estimate of drug-likeness (QED) is 0.655. The van der Waals surface area contributed by atoms with Crippen molar-refractivity contribution in [2.75, 3.05) is 0 Å². The summed E-state index contributed by atoms with van der Waals surface area (Å²) in [7, 11) is 0. The van der Waals surface area contributed by atoms with Gasteiger partial charge in [-0.25, -0.2) is 0 Å². The van der Waals surface area contributed by atoms with E-state index in [0.29, 0.717) is 10.6 Å². The molecule has 29 heavy (non-hydrogen) atoms. The zero-order valence-corrected chi connectivity index (χ0v) is 16.2. The van der Waals surface area contributed by atoms with Crippen LogP contribution in [0.2, 0.25) is 5.02 Å². The van der Waals surface area contributed by atoms with Crippen LogP contribution in [0.3, 0.4) is 0 Å². The molecule has 3 aromatic carbocycles. The topological polar surface area (TPSA) is 61.2 Å². The third-order valence-corrected chi connectivity index (χ3v) is 5.01. The number of rotatable bonds is 4. The molecule has 1 heterocycles. The number of hydrogen-bond donors (Lipinski definition) is 2. The van der Waals surface area contributed by atoms with E-state index in [1.54, 1.807) is 28.9 Å². The zero-order chi connectivity index (χ0) is 20.2. The van der Waals surface area contributed by atoms with Crippen molar-refractivity contribution in [2.45, 2.75) is 12.1 Å². The predicted octanol–water partition coefficient (Wildman–Crippen LogP) is 3.36. The summed E-state index contributed by atoms with van der Waals surface area (Å²) in [4.78, 5) is 25.5. The van der Waals surface area contributed by atoms with Crippen LogP contribution in [0.25, 0.3) is 0 Å². The van der Waals surface area contributed by atoms with Gasteiger partial charge in [0.1, 0.15) is 0 Å². The van der Waals surface area contributed by atoms with Crippen molar-refractivity contribution in [3.8, 4) is 0 Å². The number of carbonyl (C=O) groups is 2. The molecule has 0 saturated carbocycles. The Labute approximate surface area is 173 Å². The second-order valence-electron chi connectivity index (χ2n) is 6.74. The first-order valence-corrected chi connectivity index (χ1v) is 9.60. The van der Waals surface area contributed by atoms with Crippen molar-refractivity contribution in [3.05, 3.63) is 107 Å². The summed E-state index contributed by atoms with van der Waals surface area (Å²) in [6.45, 7) is 0. The lowest BCUT2D eigenvalue weighted by molar-refractivity contribution is -0.596. The van der Waals surface area contributed by atoms with Gasteiger partial charge in [0.2, 0.25) is 12.3 Å². The van der Waals surface area contributed by atoms with E-state index in [2.05, 4.69) is 10.7 Å². The van der Waals surface area contributed by atoms with E-state index < -0.39 is 6.04 Å². The summed E-state index contributed by atoms with van der Waals surface area (Å²) >= 11 is 5.90. The second kappa shape index (κ2) is 8.29. The Morgan fingerprint density at radius 3 is 2.21 bits per heavy atom. The van der Waals surface area contributed by atoms with Crippen LogP contribution in [-0.2, 0) is 4.79 Å². The normalized spacial score (nSPS) is 19.8. The van der Waals surface area contributed by atoms with E-state index in [1.165, 1.54) is 0 Å². The van der Waals surface area contributed by atoms with E-state index in [0.717, 1.165) is 11.1 Å². The van der Waals surface area contributed by atoms with Gasteiger partial charge in [-0.2, -0.15) is 0 Å². The Morgan fingerprint density at radius 2 is 1.55 bits per heavy atom. The monoisotopic (exact) mass is 404 g/mol. The highest BCUT2D eigenvalue weighted by atomic mass is 35.5. The molecule has 1 aliphatic heterocycles.